The Kier molecular flexibility index (Phi) is 3.45. The van der Waals surface area contributed by atoms with Crippen LogP contribution < -0.4 is 4.72 Å². The minimum atomic E-state index is -3.45. The molecule has 0 aliphatic carbocycles. The Morgan fingerprint density at radius 1 is 1.35 bits per heavy atom. The highest BCUT2D eigenvalue weighted by Crippen LogP contribution is 2.14. The van der Waals surface area contributed by atoms with E-state index in [-0.39, 0.29) is 12.4 Å². The van der Waals surface area contributed by atoms with Crippen LogP contribution in [0.15, 0.2) is 18.2 Å². The van der Waals surface area contributed by atoms with Gasteiger partial charge in [-0.2, -0.15) is 17.4 Å². The van der Waals surface area contributed by atoms with Crippen LogP contribution >= 0.6 is 0 Å². The number of H-pyrrole nitrogens is 1. The highest BCUT2D eigenvalue weighted by Gasteiger charge is 2.24. The van der Waals surface area contributed by atoms with Gasteiger partial charge in [-0.3, -0.25) is 0 Å². The van der Waals surface area contributed by atoms with Crippen molar-refractivity contribution in [2.45, 2.75) is 19.4 Å². The molecule has 20 heavy (non-hydrogen) atoms. The second kappa shape index (κ2) is 5.12. The Labute approximate surface area is 116 Å². The second-order valence-electron chi connectivity index (χ2n) is 4.78. The first-order valence-electron chi connectivity index (χ1n) is 6.43. The van der Waals surface area contributed by atoms with Crippen LogP contribution in [0.3, 0.4) is 0 Å². The number of imidazole rings is 1. The van der Waals surface area contributed by atoms with Gasteiger partial charge in [-0.1, -0.05) is 0 Å². The Hall–Kier alpha value is -1.51. The molecule has 0 atom stereocenters. The van der Waals surface area contributed by atoms with Crippen molar-refractivity contribution in [3.8, 4) is 0 Å². The number of fused-ring (bicyclic) bond motifs is 1. The summed E-state index contributed by atoms with van der Waals surface area (Å²) in [5, 5.41) is 0. The van der Waals surface area contributed by atoms with E-state index in [2.05, 4.69) is 14.7 Å². The van der Waals surface area contributed by atoms with Gasteiger partial charge in [0, 0.05) is 13.1 Å². The van der Waals surface area contributed by atoms with Gasteiger partial charge < -0.3 is 4.98 Å². The summed E-state index contributed by atoms with van der Waals surface area (Å²) in [5.74, 6) is 0.110. The van der Waals surface area contributed by atoms with Crippen LogP contribution in [-0.4, -0.2) is 35.8 Å². The average molecular weight is 298 g/mol. The molecule has 0 bridgehead atoms. The van der Waals surface area contributed by atoms with E-state index < -0.39 is 10.2 Å². The monoisotopic (exact) mass is 298 g/mol. The lowest BCUT2D eigenvalue weighted by atomic mass is 10.3. The molecule has 0 unspecified atom stereocenters. The number of rotatable bonds is 4. The lowest BCUT2D eigenvalue weighted by molar-refractivity contribution is 0.464. The normalized spacial score (nSPS) is 17.1. The van der Waals surface area contributed by atoms with E-state index in [4.69, 9.17) is 0 Å². The number of aromatic nitrogens is 2. The summed E-state index contributed by atoms with van der Waals surface area (Å²) in [6.45, 7) is 1.18. The fraction of sp³-hybridized carbons (Fsp3) is 0.417. The molecule has 0 radical (unpaired) electrons. The van der Waals surface area contributed by atoms with Gasteiger partial charge in [0.25, 0.3) is 10.2 Å². The van der Waals surface area contributed by atoms with Crippen LogP contribution in [0.25, 0.3) is 11.0 Å². The van der Waals surface area contributed by atoms with Gasteiger partial charge in [0.15, 0.2) is 0 Å². The molecule has 1 fully saturated rings. The molecule has 2 heterocycles. The van der Waals surface area contributed by atoms with Crippen molar-refractivity contribution in [2.75, 3.05) is 13.1 Å². The number of aromatic amines is 1. The summed E-state index contributed by atoms with van der Waals surface area (Å²) in [5.41, 5.74) is 1.17. The zero-order chi connectivity index (χ0) is 14.2. The minimum Gasteiger partial charge on any atom is -0.341 e. The van der Waals surface area contributed by atoms with Crippen molar-refractivity contribution < 1.29 is 12.8 Å². The average Bonchev–Trinajstić information content (AvgIpc) is 3.05. The Morgan fingerprint density at radius 2 is 2.10 bits per heavy atom. The maximum absolute atomic E-state index is 13.1. The summed E-state index contributed by atoms with van der Waals surface area (Å²) < 4.78 is 41.0. The van der Waals surface area contributed by atoms with E-state index >= 15 is 0 Å². The van der Waals surface area contributed by atoms with Gasteiger partial charge in [-0.05, 0) is 31.0 Å². The molecule has 2 aromatic rings. The summed E-state index contributed by atoms with van der Waals surface area (Å²) in [4.78, 5) is 7.12. The van der Waals surface area contributed by atoms with E-state index in [9.17, 15) is 12.8 Å². The van der Waals surface area contributed by atoms with Gasteiger partial charge >= 0.3 is 0 Å². The molecule has 1 aliphatic heterocycles. The van der Waals surface area contributed by atoms with Crippen LogP contribution in [0.4, 0.5) is 4.39 Å². The Bertz CT molecular complexity index is 722. The number of hydrogen-bond acceptors (Lipinski definition) is 3. The molecule has 1 aromatic carbocycles. The molecule has 1 aromatic heterocycles. The fourth-order valence-corrected chi connectivity index (χ4v) is 3.54. The second-order valence-corrected chi connectivity index (χ2v) is 6.53. The molecule has 0 spiro atoms. The Balaban J connectivity index is 1.73. The molecule has 1 aliphatic rings. The molecule has 2 N–H and O–H groups in total. The summed E-state index contributed by atoms with van der Waals surface area (Å²) in [6, 6.07) is 4.21. The largest absolute Gasteiger partial charge is 0.341 e. The molecule has 0 amide bonds. The molecular formula is C12H15FN4O2S. The first-order chi connectivity index (χ1) is 9.54. The van der Waals surface area contributed by atoms with E-state index in [0.717, 1.165) is 12.8 Å². The lowest BCUT2D eigenvalue weighted by Gasteiger charge is -2.15. The molecule has 3 rings (SSSR count). The summed E-state index contributed by atoms with van der Waals surface area (Å²) in [6.07, 6.45) is 1.79. The van der Waals surface area contributed by atoms with E-state index in [1.807, 2.05) is 0 Å². The van der Waals surface area contributed by atoms with Crippen molar-refractivity contribution in [2.24, 2.45) is 0 Å². The number of nitrogens with zero attached hydrogens (tertiary/aromatic N) is 2. The van der Waals surface area contributed by atoms with Gasteiger partial charge in [-0.15, -0.1) is 0 Å². The van der Waals surface area contributed by atoms with Crippen molar-refractivity contribution in [1.29, 1.82) is 0 Å². The third kappa shape index (κ3) is 2.67. The number of hydrogen-bond donors (Lipinski definition) is 2. The zero-order valence-electron chi connectivity index (χ0n) is 10.8. The first kappa shape index (κ1) is 13.5. The van der Waals surface area contributed by atoms with Gasteiger partial charge in [-0.25, -0.2) is 9.37 Å². The fourth-order valence-electron chi connectivity index (χ4n) is 2.30. The smallest absolute Gasteiger partial charge is 0.279 e. The van der Waals surface area contributed by atoms with Crippen LogP contribution in [-0.2, 0) is 16.8 Å². The molecule has 1 saturated heterocycles. The third-order valence-electron chi connectivity index (χ3n) is 3.32. The quantitative estimate of drug-likeness (QED) is 0.888. The molecule has 8 heteroatoms. The maximum Gasteiger partial charge on any atom is 0.279 e. The van der Waals surface area contributed by atoms with Crippen LogP contribution in [0.2, 0.25) is 0 Å². The van der Waals surface area contributed by atoms with E-state index in [1.165, 1.54) is 16.4 Å². The van der Waals surface area contributed by atoms with Gasteiger partial charge in [0.05, 0.1) is 17.6 Å². The van der Waals surface area contributed by atoms with Gasteiger partial charge in [0.2, 0.25) is 0 Å². The Morgan fingerprint density at radius 3 is 2.85 bits per heavy atom. The van der Waals surface area contributed by atoms with Crippen molar-refractivity contribution in [3.05, 3.63) is 29.8 Å². The maximum atomic E-state index is 13.1. The number of halogens is 1. The molecule has 108 valence electrons. The summed E-state index contributed by atoms with van der Waals surface area (Å²) in [7, 11) is -3.45. The first-order valence-corrected chi connectivity index (χ1v) is 7.87. The topological polar surface area (TPSA) is 78.1 Å². The summed E-state index contributed by atoms with van der Waals surface area (Å²) >= 11 is 0. The predicted molar refractivity (Wildman–Crippen MR) is 72.6 cm³/mol. The lowest BCUT2D eigenvalue weighted by Crippen LogP contribution is -2.38. The van der Waals surface area contributed by atoms with E-state index in [0.29, 0.717) is 29.9 Å². The number of benzene rings is 1. The van der Waals surface area contributed by atoms with Crippen LogP contribution in [0.5, 0.6) is 0 Å². The van der Waals surface area contributed by atoms with Crippen LogP contribution in [0, 0.1) is 5.82 Å². The minimum absolute atomic E-state index is 0.0646. The molecule has 0 saturated carbocycles. The SMILES string of the molecule is O=S(=O)(NCc1nc2ccc(F)cc2[nH]1)N1CCCC1. The van der Waals surface area contributed by atoms with Crippen molar-refractivity contribution >= 4 is 21.2 Å². The highest BCUT2D eigenvalue weighted by molar-refractivity contribution is 7.87. The standard InChI is InChI=1S/C12H15FN4O2S/c13-9-3-4-10-11(7-9)16-12(15-10)8-14-20(18,19)17-5-1-2-6-17/h3-4,7,14H,1-2,5-6,8H2,(H,15,16). The predicted octanol–water partition coefficient (Wildman–Crippen LogP) is 1.13. The zero-order valence-corrected chi connectivity index (χ0v) is 11.6. The third-order valence-corrected chi connectivity index (χ3v) is 4.87. The van der Waals surface area contributed by atoms with Gasteiger partial charge in [0.1, 0.15) is 11.6 Å². The molecular weight excluding hydrogens is 283 g/mol. The van der Waals surface area contributed by atoms with E-state index in [1.54, 1.807) is 6.07 Å². The number of nitrogens with one attached hydrogen (secondary N) is 2. The van der Waals surface area contributed by atoms with Crippen molar-refractivity contribution in [3.63, 3.8) is 0 Å². The van der Waals surface area contributed by atoms with Crippen molar-refractivity contribution in [1.82, 2.24) is 19.0 Å². The highest BCUT2D eigenvalue weighted by atomic mass is 32.2. The molecule has 6 nitrogen and oxygen atoms in total. The van der Waals surface area contributed by atoms with Crippen LogP contribution in [0.1, 0.15) is 18.7 Å².